The van der Waals surface area contributed by atoms with Crippen LogP contribution in [0, 0.1) is 17.5 Å². The Morgan fingerprint density at radius 1 is 1.14 bits per heavy atom. The summed E-state index contributed by atoms with van der Waals surface area (Å²) in [5, 5.41) is 10.8. The van der Waals surface area contributed by atoms with Crippen molar-refractivity contribution >= 4 is 11.8 Å². The van der Waals surface area contributed by atoms with Gasteiger partial charge < -0.3 is 9.84 Å². The summed E-state index contributed by atoms with van der Waals surface area (Å²) in [6.45, 7) is -0.108. The van der Waals surface area contributed by atoms with Crippen molar-refractivity contribution < 1.29 is 27.8 Å². The molecule has 4 nitrogen and oxygen atoms in total. The fourth-order valence-corrected chi connectivity index (χ4v) is 1.56. The molecule has 0 aromatic heterocycles. The largest absolute Gasteiger partial charge is 0.503 e. The summed E-state index contributed by atoms with van der Waals surface area (Å²) in [5.74, 6) is -5.81. The molecule has 0 unspecified atom stereocenters. The van der Waals surface area contributed by atoms with E-state index in [1.165, 1.54) is 0 Å². The van der Waals surface area contributed by atoms with Gasteiger partial charge in [-0.1, -0.05) is 30.3 Å². The molecule has 0 saturated heterocycles. The van der Waals surface area contributed by atoms with Crippen molar-refractivity contribution in [3.8, 4) is 5.75 Å². The molecule has 0 aliphatic heterocycles. The van der Waals surface area contributed by atoms with Crippen molar-refractivity contribution in [1.29, 1.82) is 0 Å². The Morgan fingerprint density at radius 2 is 1.81 bits per heavy atom. The minimum Gasteiger partial charge on any atom is -0.503 e. The summed E-state index contributed by atoms with van der Waals surface area (Å²) < 4.78 is 44.4. The van der Waals surface area contributed by atoms with Crippen LogP contribution in [0.15, 0.2) is 36.4 Å². The quantitative estimate of drug-likeness (QED) is 0.910. The van der Waals surface area contributed by atoms with Crippen LogP contribution in [0.2, 0.25) is 0 Å². The van der Waals surface area contributed by atoms with E-state index in [1.807, 2.05) is 0 Å². The number of anilines is 1. The van der Waals surface area contributed by atoms with Gasteiger partial charge in [-0.05, 0) is 5.56 Å². The number of benzene rings is 2. The highest BCUT2D eigenvalue weighted by Crippen LogP contribution is 2.29. The maximum Gasteiger partial charge on any atom is 0.412 e. The number of amides is 1. The number of rotatable bonds is 3. The smallest absolute Gasteiger partial charge is 0.412 e. The van der Waals surface area contributed by atoms with Crippen LogP contribution in [0.25, 0.3) is 0 Å². The lowest BCUT2D eigenvalue weighted by Gasteiger charge is -2.10. The van der Waals surface area contributed by atoms with E-state index in [-0.39, 0.29) is 12.7 Å². The first kappa shape index (κ1) is 14.7. The van der Waals surface area contributed by atoms with E-state index in [0.717, 1.165) is 0 Å². The van der Waals surface area contributed by atoms with E-state index in [4.69, 9.17) is 9.84 Å². The Morgan fingerprint density at radius 3 is 2.48 bits per heavy atom. The first-order valence-electron chi connectivity index (χ1n) is 5.83. The number of ether oxygens (including phenoxy) is 1. The van der Waals surface area contributed by atoms with Gasteiger partial charge in [0, 0.05) is 6.07 Å². The molecule has 0 atom stereocenters. The van der Waals surface area contributed by atoms with Gasteiger partial charge in [0.15, 0.2) is 23.2 Å². The molecule has 0 bridgehead atoms. The average molecular weight is 297 g/mol. The van der Waals surface area contributed by atoms with Crippen LogP contribution in [0.4, 0.5) is 23.7 Å². The monoisotopic (exact) mass is 297 g/mol. The predicted molar refractivity (Wildman–Crippen MR) is 68.2 cm³/mol. The van der Waals surface area contributed by atoms with Crippen LogP contribution in [-0.2, 0) is 11.3 Å². The van der Waals surface area contributed by atoms with Gasteiger partial charge in [-0.2, -0.15) is 0 Å². The van der Waals surface area contributed by atoms with E-state index in [1.54, 1.807) is 35.6 Å². The zero-order valence-corrected chi connectivity index (χ0v) is 10.6. The van der Waals surface area contributed by atoms with Crippen molar-refractivity contribution in [2.75, 3.05) is 5.32 Å². The van der Waals surface area contributed by atoms with Crippen LogP contribution >= 0.6 is 0 Å². The molecule has 110 valence electrons. The van der Waals surface area contributed by atoms with Crippen LogP contribution in [-0.4, -0.2) is 11.2 Å². The summed E-state index contributed by atoms with van der Waals surface area (Å²) >= 11 is 0. The van der Waals surface area contributed by atoms with Crippen LogP contribution in [0.3, 0.4) is 0 Å². The zero-order valence-electron chi connectivity index (χ0n) is 10.6. The van der Waals surface area contributed by atoms with Crippen molar-refractivity contribution in [3.05, 3.63) is 59.4 Å². The standard InChI is InChI=1S/C14H10F3NO3/c15-9-6-10(16)13(19)11(17)12(9)18-14(20)21-7-8-4-2-1-3-5-8/h1-6,19H,7H2,(H,18,20). The lowest BCUT2D eigenvalue weighted by atomic mass is 10.2. The maximum absolute atomic E-state index is 13.4. The number of hydrogen-bond donors (Lipinski definition) is 2. The molecule has 0 aliphatic rings. The van der Waals surface area contributed by atoms with Crippen molar-refractivity contribution in [1.82, 2.24) is 0 Å². The fraction of sp³-hybridized carbons (Fsp3) is 0.0714. The summed E-state index contributed by atoms with van der Waals surface area (Å²) in [4.78, 5) is 11.4. The predicted octanol–water partition coefficient (Wildman–Crippen LogP) is 3.56. The summed E-state index contributed by atoms with van der Waals surface area (Å²) in [6, 6.07) is 8.87. The Hall–Kier alpha value is -2.70. The van der Waals surface area contributed by atoms with Crippen molar-refractivity contribution in [2.24, 2.45) is 0 Å². The van der Waals surface area contributed by atoms with Crippen molar-refractivity contribution in [2.45, 2.75) is 6.61 Å². The SMILES string of the molecule is O=C(Nc1c(F)cc(F)c(O)c1F)OCc1ccccc1. The second-order valence-electron chi connectivity index (χ2n) is 4.06. The molecule has 21 heavy (non-hydrogen) atoms. The Kier molecular flexibility index (Phi) is 4.32. The number of hydrogen-bond acceptors (Lipinski definition) is 3. The van der Waals surface area contributed by atoms with E-state index in [2.05, 4.69) is 0 Å². The number of nitrogens with one attached hydrogen (secondary N) is 1. The summed E-state index contributed by atoms with van der Waals surface area (Å²) in [6.07, 6.45) is -1.14. The first-order chi connectivity index (χ1) is 9.99. The lowest BCUT2D eigenvalue weighted by molar-refractivity contribution is 0.155. The normalized spacial score (nSPS) is 10.2. The van der Waals surface area contributed by atoms with Gasteiger partial charge in [0.2, 0.25) is 0 Å². The molecule has 1 amide bonds. The molecule has 0 radical (unpaired) electrons. The molecule has 0 saturated carbocycles. The molecule has 0 aliphatic carbocycles. The third-order valence-corrected chi connectivity index (χ3v) is 2.59. The van der Waals surface area contributed by atoms with Crippen LogP contribution in [0.5, 0.6) is 5.75 Å². The molecular weight excluding hydrogens is 287 g/mol. The number of halogens is 3. The van der Waals surface area contributed by atoms with Gasteiger partial charge in [-0.15, -0.1) is 0 Å². The number of carbonyl (C=O) groups is 1. The molecule has 2 rings (SSSR count). The number of aromatic hydroxyl groups is 1. The minimum absolute atomic E-state index is 0.108. The van der Waals surface area contributed by atoms with Gasteiger partial charge in [0.05, 0.1) is 0 Å². The molecule has 0 spiro atoms. The first-order valence-corrected chi connectivity index (χ1v) is 5.83. The lowest BCUT2D eigenvalue weighted by Crippen LogP contribution is -2.16. The molecule has 0 fully saturated rings. The third-order valence-electron chi connectivity index (χ3n) is 2.59. The average Bonchev–Trinajstić information content (AvgIpc) is 2.48. The Labute approximate surface area is 117 Å². The maximum atomic E-state index is 13.4. The van der Waals surface area contributed by atoms with Crippen LogP contribution < -0.4 is 5.32 Å². The van der Waals surface area contributed by atoms with Gasteiger partial charge in [0.25, 0.3) is 0 Å². The Balaban J connectivity index is 2.05. The molecular formula is C14H10F3NO3. The summed E-state index contributed by atoms with van der Waals surface area (Å²) in [7, 11) is 0. The van der Waals surface area contributed by atoms with E-state index in [9.17, 15) is 18.0 Å². The minimum atomic E-state index is -1.61. The third kappa shape index (κ3) is 3.44. The van der Waals surface area contributed by atoms with Gasteiger partial charge in [0.1, 0.15) is 12.3 Å². The Bertz CT molecular complexity index is 662. The number of phenolic OH excluding ortho intramolecular Hbond substituents is 1. The molecule has 7 heteroatoms. The second-order valence-corrected chi connectivity index (χ2v) is 4.06. The van der Waals surface area contributed by atoms with E-state index < -0.39 is 35.0 Å². The van der Waals surface area contributed by atoms with E-state index >= 15 is 0 Å². The number of carbonyl (C=O) groups excluding carboxylic acids is 1. The number of phenols is 1. The molecule has 2 aromatic carbocycles. The highest BCUT2D eigenvalue weighted by Gasteiger charge is 2.20. The van der Waals surface area contributed by atoms with Crippen LogP contribution in [0.1, 0.15) is 5.56 Å². The molecule has 2 aromatic rings. The topological polar surface area (TPSA) is 58.6 Å². The zero-order chi connectivity index (χ0) is 15.4. The van der Waals surface area contributed by atoms with Crippen molar-refractivity contribution in [3.63, 3.8) is 0 Å². The molecule has 0 heterocycles. The van der Waals surface area contributed by atoms with Gasteiger partial charge >= 0.3 is 6.09 Å². The fourth-order valence-electron chi connectivity index (χ4n) is 1.56. The summed E-state index contributed by atoms with van der Waals surface area (Å²) in [5.41, 5.74) is -0.303. The highest BCUT2D eigenvalue weighted by molar-refractivity contribution is 5.85. The van der Waals surface area contributed by atoms with Gasteiger partial charge in [-0.25, -0.2) is 18.0 Å². The molecule has 2 N–H and O–H groups in total. The highest BCUT2D eigenvalue weighted by atomic mass is 19.1. The second kappa shape index (κ2) is 6.17. The van der Waals surface area contributed by atoms with Gasteiger partial charge in [-0.3, -0.25) is 5.32 Å². The van der Waals surface area contributed by atoms with E-state index in [0.29, 0.717) is 5.56 Å².